The first-order chi connectivity index (χ1) is 11.8. The monoisotopic (exact) mass is 358 g/mol. The molecule has 0 aliphatic carbocycles. The number of hydrogen-bond donors (Lipinski definition) is 0. The van der Waals surface area contributed by atoms with Gasteiger partial charge in [-0.05, 0) is 18.6 Å². The van der Waals surface area contributed by atoms with E-state index in [4.69, 9.17) is 9.47 Å². The lowest BCUT2D eigenvalue weighted by atomic mass is 10.1. The fourth-order valence-corrected chi connectivity index (χ4v) is 1.74. The number of carbonyl (C=O) groups is 1. The number of carbonyl (C=O) groups excluding carboxylic acids is 1. The first kappa shape index (κ1) is 18.3. The average molecular weight is 358 g/mol. The van der Waals surface area contributed by atoms with E-state index < -0.39 is 18.0 Å². The van der Waals surface area contributed by atoms with Crippen molar-refractivity contribution in [2.75, 3.05) is 14.2 Å². The third kappa shape index (κ3) is 4.28. The molecule has 7 nitrogen and oxygen atoms in total. The van der Waals surface area contributed by atoms with E-state index in [-0.39, 0.29) is 22.9 Å². The summed E-state index contributed by atoms with van der Waals surface area (Å²) >= 11 is 0. The highest BCUT2D eigenvalue weighted by Gasteiger charge is 2.38. The van der Waals surface area contributed by atoms with Crippen LogP contribution >= 0.6 is 0 Å². The molecule has 10 heteroatoms. The van der Waals surface area contributed by atoms with Crippen LogP contribution in [0.4, 0.5) is 13.2 Å². The van der Waals surface area contributed by atoms with Crippen LogP contribution < -0.4 is 4.74 Å². The van der Waals surface area contributed by atoms with Crippen LogP contribution in [-0.2, 0) is 20.4 Å². The minimum atomic E-state index is -4.74. The molecule has 1 heterocycles. The van der Waals surface area contributed by atoms with E-state index in [1.165, 1.54) is 19.2 Å². The van der Waals surface area contributed by atoms with Gasteiger partial charge in [0.05, 0.1) is 14.2 Å². The van der Waals surface area contributed by atoms with E-state index in [1.807, 2.05) is 0 Å². The lowest BCUT2D eigenvalue weighted by Crippen LogP contribution is -2.11. The summed E-state index contributed by atoms with van der Waals surface area (Å²) in [6.45, 7) is 1.68. The number of nitrogens with zero attached hydrogens (tertiary/aromatic N) is 2. The SMILES string of the molecule is CO/C=C(\Oc1cc(-c2noc(C(F)(F)F)n2)ccc1C)C(=O)OC. The van der Waals surface area contributed by atoms with Gasteiger partial charge in [-0.1, -0.05) is 17.3 Å². The summed E-state index contributed by atoms with van der Waals surface area (Å²) in [5, 5.41) is 3.30. The van der Waals surface area contributed by atoms with E-state index in [0.29, 0.717) is 5.56 Å². The second kappa shape index (κ2) is 7.24. The van der Waals surface area contributed by atoms with Crippen molar-refractivity contribution in [1.82, 2.24) is 10.1 Å². The molecule has 0 aliphatic rings. The molecule has 2 aromatic rings. The normalized spacial score (nSPS) is 12.0. The van der Waals surface area contributed by atoms with Gasteiger partial charge in [0.1, 0.15) is 12.0 Å². The summed E-state index contributed by atoms with van der Waals surface area (Å²) in [6, 6.07) is 4.42. The minimum absolute atomic E-state index is 0.185. The van der Waals surface area contributed by atoms with Crippen molar-refractivity contribution in [2.45, 2.75) is 13.1 Å². The van der Waals surface area contributed by atoms with Gasteiger partial charge in [0.15, 0.2) is 0 Å². The molecule has 0 unspecified atom stereocenters. The van der Waals surface area contributed by atoms with Crippen LogP contribution in [0, 0.1) is 6.92 Å². The molecule has 1 aromatic carbocycles. The summed E-state index contributed by atoms with van der Waals surface area (Å²) in [5.74, 6) is -2.57. The molecule has 2 rings (SSSR count). The summed E-state index contributed by atoms with van der Waals surface area (Å²) in [5.41, 5.74) is 0.815. The van der Waals surface area contributed by atoms with E-state index in [0.717, 1.165) is 13.4 Å². The molecule has 0 fully saturated rings. The first-order valence-electron chi connectivity index (χ1n) is 6.77. The molecule has 0 radical (unpaired) electrons. The summed E-state index contributed by atoms with van der Waals surface area (Å²) in [7, 11) is 2.48. The minimum Gasteiger partial charge on any atom is -0.500 e. The van der Waals surface area contributed by atoms with Crippen molar-refractivity contribution in [1.29, 1.82) is 0 Å². The molecular formula is C15H13F3N2O5. The number of benzene rings is 1. The third-order valence-electron chi connectivity index (χ3n) is 2.95. The number of esters is 1. The summed E-state index contributed by atoms with van der Waals surface area (Å²) in [4.78, 5) is 14.9. The second-order valence-electron chi connectivity index (χ2n) is 4.71. The zero-order valence-corrected chi connectivity index (χ0v) is 13.4. The van der Waals surface area contributed by atoms with Gasteiger partial charge in [-0.25, -0.2) is 4.79 Å². The zero-order chi connectivity index (χ0) is 18.6. The quantitative estimate of drug-likeness (QED) is 0.461. The van der Waals surface area contributed by atoms with Gasteiger partial charge in [0.2, 0.25) is 11.6 Å². The number of rotatable bonds is 5. The van der Waals surface area contributed by atoms with Crippen molar-refractivity contribution < 1.29 is 36.7 Å². The highest BCUT2D eigenvalue weighted by Crippen LogP contribution is 2.31. The number of halogens is 3. The smallest absolute Gasteiger partial charge is 0.471 e. The van der Waals surface area contributed by atoms with Crippen molar-refractivity contribution >= 4 is 5.97 Å². The number of alkyl halides is 3. The van der Waals surface area contributed by atoms with Crippen LogP contribution in [0.15, 0.2) is 34.7 Å². The molecule has 0 spiro atoms. The Morgan fingerprint density at radius 2 is 2.00 bits per heavy atom. The van der Waals surface area contributed by atoms with Crippen LogP contribution in [0.2, 0.25) is 0 Å². The van der Waals surface area contributed by atoms with Crippen LogP contribution in [0.1, 0.15) is 11.5 Å². The van der Waals surface area contributed by atoms with E-state index in [2.05, 4.69) is 19.4 Å². The van der Waals surface area contributed by atoms with Crippen molar-refractivity contribution in [2.24, 2.45) is 0 Å². The largest absolute Gasteiger partial charge is 0.500 e. The van der Waals surface area contributed by atoms with Crippen LogP contribution in [0.5, 0.6) is 5.75 Å². The fourth-order valence-electron chi connectivity index (χ4n) is 1.74. The average Bonchev–Trinajstić information content (AvgIpc) is 3.06. The fraction of sp³-hybridized carbons (Fsp3) is 0.267. The van der Waals surface area contributed by atoms with Crippen molar-refractivity contribution in [3.05, 3.63) is 41.7 Å². The predicted molar refractivity (Wildman–Crippen MR) is 77.2 cm³/mol. The molecule has 0 atom stereocenters. The Morgan fingerprint density at radius 3 is 2.56 bits per heavy atom. The second-order valence-corrected chi connectivity index (χ2v) is 4.71. The van der Waals surface area contributed by atoms with Gasteiger partial charge in [-0.3, -0.25) is 0 Å². The van der Waals surface area contributed by atoms with Crippen LogP contribution in [-0.4, -0.2) is 30.3 Å². The lowest BCUT2D eigenvalue weighted by molar-refractivity contribution is -0.159. The third-order valence-corrected chi connectivity index (χ3v) is 2.95. The number of ether oxygens (including phenoxy) is 3. The van der Waals surface area contributed by atoms with Crippen LogP contribution in [0.3, 0.4) is 0 Å². The summed E-state index contributed by atoms with van der Waals surface area (Å²) < 4.78 is 56.6. The van der Waals surface area contributed by atoms with Gasteiger partial charge in [-0.15, -0.1) is 0 Å². The van der Waals surface area contributed by atoms with Crippen molar-refractivity contribution in [3.8, 4) is 17.1 Å². The Hall–Kier alpha value is -3.04. The zero-order valence-electron chi connectivity index (χ0n) is 13.4. The molecule has 0 saturated carbocycles. The Bertz CT molecular complexity index is 799. The Balaban J connectivity index is 2.36. The molecule has 0 aliphatic heterocycles. The molecular weight excluding hydrogens is 345 g/mol. The highest BCUT2D eigenvalue weighted by molar-refractivity contribution is 5.86. The highest BCUT2D eigenvalue weighted by atomic mass is 19.4. The Labute approximate surface area is 140 Å². The van der Waals surface area contributed by atoms with Gasteiger partial charge < -0.3 is 18.7 Å². The predicted octanol–water partition coefficient (Wildman–Crippen LogP) is 3.10. The van der Waals surface area contributed by atoms with E-state index in [9.17, 15) is 18.0 Å². The number of aryl methyl sites for hydroxylation is 1. The van der Waals surface area contributed by atoms with E-state index >= 15 is 0 Å². The Kier molecular flexibility index (Phi) is 5.30. The van der Waals surface area contributed by atoms with Gasteiger partial charge in [0.25, 0.3) is 0 Å². The summed E-state index contributed by atoms with van der Waals surface area (Å²) in [6.07, 6.45) is -3.71. The molecule has 0 bridgehead atoms. The maximum Gasteiger partial charge on any atom is 0.471 e. The molecule has 134 valence electrons. The Morgan fingerprint density at radius 1 is 1.28 bits per heavy atom. The molecule has 0 saturated heterocycles. The number of methoxy groups -OCH3 is 2. The maximum absolute atomic E-state index is 12.6. The molecule has 25 heavy (non-hydrogen) atoms. The number of aromatic nitrogens is 2. The van der Waals surface area contributed by atoms with Crippen LogP contribution in [0.25, 0.3) is 11.4 Å². The standard InChI is InChI=1S/C15H13F3N2O5/c1-8-4-5-9(12-19-14(25-20-12)15(16,17)18)6-10(8)24-11(7-22-2)13(21)23-3/h4-7H,1-3H3/b11-7-. The van der Waals surface area contributed by atoms with Gasteiger partial charge in [-0.2, -0.15) is 18.2 Å². The topological polar surface area (TPSA) is 83.7 Å². The molecule has 0 amide bonds. The van der Waals surface area contributed by atoms with E-state index in [1.54, 1.807) is 13.0 Å². The number of hydrogen-bond acceptors (Lipinski definition) is 7. The first-order valence-corrected chi connectivity index (χ1v) is 6.77. The molecule has 1 aromatic heterocycles. The maximum atomic E-state index is 12.6. The van der Waals surface area contributed by atoms with Gasteiger partial charge in [0, 0.05) is 5.56 Å². The lowest BCUT2D eigenvalue weighted by Gasteiger charge is -2.11. The van der Waals surface area contributed by atoms with Gasteiger partial charge >= 0.3 is 18.0 Å². The van der Waals surface area contributed by atoms with Crippen molar-refractivity contribution in [3.63, 3.8) is 0 Å². The molecule has 0 N–H and O–H groups in total.